The molecule has 0 bridgehead atoms. The minimum absolute atomic E-state index is 0.106. The number of hydrogen-bond acceptors (Lipinski definition) is 0. The van der Waals surface area contributed by atoms with Crippen molar-refractivity contribution in [2.45, 2.75) is 326 Å². The van der Waals surface area contributed by atoms with Gasteiger partial charge in [-0.3, -0.25) is 0 Å². The Kier molecular flexibility index (Phi) is 29.9. The number of halogens is 3. The highest BCUT2D eigenvalue weighted by molar-refractivity contribution is 5.69. The molecule has 0 amide bonds. The van der Waals surface area contributed by atoms with Crippen molar-refractivity contribution in [2.75, 3.05) is 0 Å². The van der Waals surface area contributed by atoms with Gasteiger partial charge >= 0.3 is 6.18 Å². The summed E-state index contributed by atoms with van der Waals surface area (Å²) >= 11 is 0. The van der Waals surface area contributed by atoms with E-state index < -0.39 is 23.4 Å². The molecule has 0 unspecified atom stereocenters. The molecule has 3 heteroatoms. The van der Waals surface area contributed by atoms with Crippen molar-refractivity contribution in [2.24, 2.45) is 11.3 Å². The molecule has 0 spiro atoms. The van der Waals surface area contributed by atoms with Gasteiger partial charge in [-0.1, -0.05) is 456 Å². The molecule has 2 aliphatic carbocycles. The Hall–Kier alpha value is -7.23. The van der Waals surface area contributed by atoms with Crippen molar-refractivity contribution in [1.29, 1.82) is 0 Å². The van der Waals surface area contributed by atoms with Crippen molar-refractivity contribution in [1.82, 2.24) is 0 Å². The second-order valence-corrected chi connectivity index (χ2v) is 38.6. The molecule has 9 aromatic rings. The van der Waals surface area contributed by atoms with Crippen LogP contribution in [-0.4, -0.2) is 6.18 Å². The fourth-order valence-electron chi connectivity index (χ4n) is 14.6. The van der Waals surface area contributed by atoms with Crippen LogP contribution in [0, 0.1) is 11.3 Å². The van der Waals surface area contributed by atoms with Crippen molar-refractivity contribution in [3.63, 3.8) is 0 Å². The molecule has 0 N–H and O–H groups in total. The predicted octanol–water partition coefficient (Wildman–Crippen LogP) is 32.8. The Morgan fingerprint density at radius 3 is 1.08 bits per heavy atom. The Labute approximate surface area is 677 Å². The van der Waals surface area contributed by atoms with Crippen LogP contribution in [0.2, 0.25) is 0 Å². The van der Waals surface area contributed by atoms with E-state index in [-0.39, 0.29) is 79.7 Å². The summed E-state index contributed by atoms with van der Waals surface area (Å²) in [5.41, 5.74) is 16.5. The van der Waals surface area contributed by atoms with Crippen LogP contribution in [0.4, 0.5) is 13.2 Å². The molecule has 0 nitrogen and oxygen atoms in total. The van der Waals surface area contributed by atoms with Gasteiger partial charge in [-0.25, -0.2) is 0 Å². The highest BCUT2D eigenvalue weighted by Crippen LogP contribution is 2.44. The van der Waals surface area contributed by atoms with Crippen molar-refractivity contribution >= 4 is 0 Å². The first-order valence-corrected chi connectivity index (χ1v) is 40.7. The Balaban J connectivity index is 0.000000245. The zero-order valence-electron chi connectivity index (χ0n) is 80.7. The maximum absolute atomic E-state index is 13.2. The number of benzene rings is 9. The molecule has 9 aromatic carbocycles. The van der Waals surface area contributed by atoms with Crippen LogP contribution in [0.3, 0.4) is 0 Å². The van der Waals surface area contributed by atoms with Gasteiger partial charge in [0.05, 0.1) is 12.3 Å². The average molecular weight is 1490 g/mol. The van der Waals surface area contributed by atoms with E-state index in [9.17, 15) is 13.2 Å². The van der Waals surface area contributed by atoms with E-state index in [4.69, 9.17) is 11.0 Å². The minimum atomic E-state index is -4.62. The number of alkyl halides is 3. The molecule has 592 valence electrons. The zero-order chi connectivity index (χ0) is 88.5. The third-order valence-electron chi connectivity index (χ3n) is 20.4. The molecule has 2 fully saturated rings. The SMILES string of the molecule is CC(C)(C)c1ccccc1-c1ccccc1.CC(C)(C)c1ccccc1C1CCCCC1.CC(C)Cc1ccccc1C(C)(C)C.CC(C)c1ccccc1C(C)(C)C.[2H]C([2H])(c1ccccc1C(C)(C)C)C(C)(C)C(F)(F)F.[2H]C1(c2ccccc2C(C)(C)C)CCCCC1.[2H]c1c([2H])c([2H])c(-c2ccccc2C(C)(C)C)c([2H])c1[2H]. The number of rotatable bonds is 9. The van der Waals surface area contributed by atoms with Crippen LogP contribution >= 0.6 is 0 Å². The molecule has 109 heavy (non-hydrogen) atoms. The molecule has 0 saturated heterocycles. The van der Waals surface area contributed by atoms with Gasteiger partial charge in [0.15, 0.2) is 0 Å². The molecule has 0 atom stereocenters. The topological polar surface area (TPSA) is 0 Å². The Bertz CT molecular complexity index is 4520. The standard InChI is InChI=1S/2C16H24.2C16H18.C15H21F3.C14H22.C13H20/c4*1-16(2,3)15-12-8-7-11-14(15)13-9-5-4-6-10-13;1-13(2,3)12-9-7-6-8-11(12)10-14(4,5)15(16,17)18;1-11(2)10-12-8-6-7-9-13(12)14(3,4)5;1-10(2)11-8-6-7-9-12(11)13(3,4)5/h2*7-8,11-13H,4-6,9-10H2,1-3H3;2*4-12H,1-3H3;6-9H,10H2,1-5H3;6-9,11H,10H2,1-5H3;6-10H,1-5H3/i13D;;4D,5D,6D,9D,10D;;10D2;;. The Morgan fingerprint density at radius 2 is 0.670 bits per heavy atom. The first-order chi connectivity index (χ1) is 53.8. The summed E-state index contributed by atoms with van der Waals surface area (Å²) < 4.78 is 104. The summed E-state index contributed by atoms with van der Waals surface area (Å²) in [7, 11) is 0. The minimum Gasteiger partial charge on any atom is -0.171 e. The lowest BCUT2D eigenvalue weighted by molar-refractivity contribution is -0.211. The summed E-state index contributed by atoms with van der Waals surface area (Å²) in [4.78, 5) is 0. The average Bonchev–Trinajstić information content (AvgIpc) is 0.731. The van der Waals surface area contributed by atoms with Gasteiger partial charge in [0, 0.05) is 4.11 Å². The highest BCUT2D eigenvalue weighted by Gasteiger charge is 2.47. The molecule has 0 heterocycles. The van der Waals surface area contributed by atoms with Crippen LogP contribution in [-0.2, 0) is 50.7 Å². The quantitative estimate of drug-likeness (QED) is 0.135. The van der Waals surface area contributed by atoms with Crippen molar-refractivity contribution in [3.05, 3.63) is 297 Å². The smallest absolute Gasteiger partial charge is 0.171 e. The van der Waals surface area contributed by atoms with E-state index in [0.29, 0.717) is 17.0 Å². The van der Waals surface area contributed by atoms with Crippen LogP contribution in [0.25, 0.3) is 22.3 Å². The molecule has 0 aliphatic heterocycles. The maximum Gasteiger partial charge on any atom is 0.394 e. The number of hydrogen-bond donors (Lipinski definition) is 0. The van der Waals surface area contributed by atoms with E-state index in [1.54, 1.807) is 29.3 Å². The van der Waals surface area contributed by atoms with Gasteiger partial charge < -0.3 is 0 Å². The summed E-state index contributed by atoms with van der Waals surface area (Å²) in [5.74, 6) is 1.85. The molecular formula is C106H147F3. The van der Waals surface area contributed by atoms with Gasteiger partial charge in [0.25, 0.3) is 0 Å². The van der Waals surface area contributed by atoms with Crippen LogP contribution in [0.1, 0.15) is 347 Å². The highest BCUT2D eigenvalue weighted by atomic mass is 19.4. The lowest BCUT2D eigenvalue weighted by Gasteiger charge is -2.31. The second-order valence-electron chi connectivity index (χ2n) is 38.6. The van der Waals surface area contributed by atoms with Crippen molar-refractivity contribution < 1.29 is 24.1 Å². The van der Waals surface area contributed by atoms with Crippen LogP contribution in [0.5, 0.6) is 0 Å². The third kappa shape index (κ3) is 29.8. The van der Waals surface area contributed by atoms with Crippen LogP contribution < -0.4 is 0 Å². The third-order valence-corrected chi connectivity index (χ3v) is 20.4. The fourth-order valence-corrected chi connectivity index (χ4v) is 14.6. The lowest BCUT2D eigenvalue weighted by Crippen LogP contribution is -2.34. The molecule has 0 radical (unpaired) electrons. The largest absolute Gasteiger partial charge is 0.394 e. The second kappa shape index (κ2) is 40.8. The monoisotopic (exact) mass is 1490 g/mol. The molecule has 0 aromatic heterocycles. The van der Waals surface area contributed by atoms with Gasteiger partial charge in [-0.15, -0.1) is 0 Å². The van der Waals surface area contributed by atoms with E-state index >= 15 is 0 Å². The van der Waals surface area contributed by atoms with Crippen molar-refractivity contribution in [3.8, 4) is 22.3 Å². The van der Waals surface area contributed by atoms with Gasteiger partial charge in [0.2, 0.25) is 0 Å². The molecular weight excluding hydrogens is 1330 g/mol. The van der Waals surface area contributed by atoms with Crippen LogP contribution in [0.15, 0.2) is 230 Å². The summed E-state index contributed by atoms with van der Waals surface area (Å²) in [6.45, 7) is 56.8. The predicted molar refractivity (Wildman–Crippen MR) is 475 cm³/mol. The maximum atomic E-state index is 13.2. The van der Waals surface area contributed by atoms with E-state index in [1.807, 2.05) is 65.8 Å². The van der Waals surface area contributed by atoms with E-state index in [1.165, 1.54) is 114 Å². The van der Waals surface area contributed by atoms with Gasteiger partial charge in [-0.05, 0) is 189 Å². The zero-order valence-corrected chi connectivity index (χ0v) is 72.7. The molecule has 2 saturated carbocycles. The van der Waals surface area contributed by atoms with E-state index in [2.05, 4.69) is 283 Å². The van der Waals surface area contributed by atoms with Gasteiger partial charge in [0.1, 0.15) is 0 Å². The first kappa shape index (κ1) is 79.8. The lowest BCUT2D eigenvalue weighted by atomic mass is 9.76. The summed E-state index contributed by atoms with van der Waals surface area (Å²) in [5, 5.41) is 0. The fraction of sp³-hybridized carbons (Fsp3) is 0.491. The summed E-state index contributed by atoms with van der Waals surface area (Å²) in [6, 6.07) is 67.1. The normalized spacial score (nSPS) is 15.6. The Morgan fingerprint density at radius 1 is 0.339 bits per heavy atom. The summed E-state index contributed by atoms with van der Waals surface area (Å²) in [6.07, 6.45) is 6.91. The van der Waals surface area contributed by atoms with E-state index in [0.717, 1.165) is 44.1 Å². The first-order valence-electron chi connectivity index (χ1n) is 44.7. The molecule has 2 aliphatic rings. The molecule has 11 rings (SSSR count). The van der Waals surface area contributed by atoms with Gasteiger partial charge in [-0.2, -0.15) is 13.2 Å².